The molecule has 3 N–H and O–H groups in total. The van der Waals surface area contributed by atoms with Crippen LogP contribution in [0, 0.1) is 6.92 Å². The highest BCUT2D eigenvalue weighted by Crippen LogP contribution is 2.30. The van der Waals surface area contributed by atoms with Crippen molar-refractivity contribution in [1.82, 2.24) is 15.1 Å². The number of rotatable bonds is 4. The normalized spacial score (nSPS) is 22.7. The average Bonchev–Trinajstić information content (AvgIpc) is 2.86. The summed E-state index contributed by atoms with van der Waals surface area (Å²) in [7, 11) is 1.76. The van der Waals surface area contributed by atoms with Crippen molar-refractivity contribution in [3.63, 3.8) is 0 Å². The van der Waals surface area contributed by atoms with Crippen LogP contribution in [-0.2, 0) is 7.05 Å². The van der Waals surface area contributed by atoms with Crippen LogP contribution < -0.4 is 11.1 Å². The minimum absolute atomic E-state index is 0.103. The monoisotopic (exact) mass is 282 g/mol. The Labute approximate surface area is 118 Å². The molecule has 1 amide bonds. The summed E-state index contributed by atoms with van der Waals surface area (Å²) in [5.41, 5.74) is 7.59. The van der Waals surface area contributed by atoms with E-state index in [1.807, 2.05) is 18.7 Å². The SMILES string of the molecule is CCSC1CCCC1NC(=O)c1c(N)c(C)nn1C. The Morgan fingerprint density at radius 3 is 2.89 bits per heavy atom. The molecule has 0 bridgehead atoms. The van der Waals surface area contributed by atoms with Gasteiger partial charge in [0.25, 0.3) is 5.91 Å². The maximum absolute atomic E-state index is 12.3. The lowest BCUT2D eigenvalue weighted by molar-refractivity contribution is 0.0930. The van der Waals surface area contributed by atoms with Gasteiger partial charge in [-0.3, -0.25) is 9.48 Å². The number of thioether (sulfide) groups is 1. The van der Waals surface area contributed by atoms with Gasteiger partial charge in [0.2, 0.25) is 0 Å². The number of carbonyl (C=O) groups is 1. The lowest BCUT2D eigenvalue weighted by Crippen LogP contribution is -2.39. The van der Waals surface area contributed by atoms with Crippen molar-refractivity contribution in [2.24, 2.45) is 7.05 Å². The Morgan fingerprint density at radius 1 is 1.58 bits per heavy atom. The Bertz CT molecular complexity index is 471. The molecule has 1 heterocycles. The van der Waals surface area contributed by atoms with Gasteiger partial charge in [0, 0.05) is 18.3 Å². The van der Waals surface area contributed by atoms with E-state index in [2.05, 4.69) is 17.3 Å². The second-order valence-electron chi connectivity index (χ2n) is 4.98. The van der Waals surface area contributed by atoms with Crippen LogP contribution in [0.25, 0.3) is 0 Å². The molecule has 0 radical (unpaired) electrons. The number of hydrogen-bond donors (Lipinski definition) is 2. The van der Waals surface area contributed by atoms with Crippen LogP contribution >= 0.6 is 11.8 Å². The zero-order valence-corrected chi connectivity index (χ0v) is 12.6. The van der Waals surface area contributed by atoms with Crippen LogP contribution in [0.3, 0.4) is 0 Å². The molecule has 2 unspecified atom stereocenters. The van der Waals surface area contributed by atoms with Crippen molar-refractivity contribution in [2.75, 3.05) is 11.5 Å². The van der Waals surface area contributed by atoms with E-state index in [1.54, 1.807) is 11.7 Å². The first-order chi connectivity index (χ1) is 9.04. The van der Waals surface area contributed by atoms with E-state index in [-0.39, 0.29) is 11.9 Å². The number of carbonyl (C=O) groups excluding carboxylic acids is 1. The molecule has 0 aromatic carbocycles. The number of nitrogens with zero attached hydrogens (tertiary/aromatic N) is 2. The zero-order chi connectivity index (χ0) is 14.0. The number of nitrogens with two attached hydrogens (primary N) is 1. The first-order valence-corrected chi connectivity index (χ1v) is 7.81. The van der Waals surface area contributed by atoms with Crippen molar-refractivity contribution in [1.29, 1.82) is 0 Å². The van der Waals surface area contributed by atoms with Crippen molar-refractivity contribution in [3.8, 4) is 0 Å². The number of nitrogen functional groups attached to an aromatic ring is 1. The molecule has 1 aliphatic carbocycles. The summed E-state index contributed by atoms with van der Waals surface area (Å²) in [6.45, 7) is 3.97. The van der Waals surface area contributed by atoms with Crippen LogP contribution in [-0.4, -0.2) is 32.7 Å². The number of hydrogen-bond acceptors (Lipinski definition) is 4. The highest BCUT2D eigenvalue weighted by Gasteiger charge is 2.30. The molecule has 5 nitrogen and oxygen atoms in total. The van der Waals surface area contributed by atoms with Crippen LogP contribution in [0.2, 0.25) is 0 Å². The Balaban J connectivity index is 2.08. The fraction of sp³-hybridized carbons (Fsp3) is 0.692. The molecule has 1 aromatic rings. The lowest BCUT2D eigenvalue weighted by atomic mass is 10.2. The molecule has 1 aliphatic rings. The van der Waals surface area contributed by atoms with E-state index in [1.165, 1.54) is 12.8 Å². The summed E-state index contributed by atoms with van der Waals surface area (Å²) in [4.78, 5) is 12.3. The number of amides is 1. The van der Waals surface area contributed by atoms with Crippen molar-refractivity contribution in [2.45, 2.75) is 44.4 Å². The quantitative estimate of drug-likeness (QED) is 0.882. The smallest absolute Gasteiger partial charge is 0.271 e. The van der Waals surface area contributed by atoms with Gasteiger partial charge >= 0.3 is 0 Å². The fourth-order valence-corrected chi connectivity index (χ4v) is 3.88. The van der Waals surface area contributed by atoms with Gasteiger partial charge < -0.3 is 11.1 Å². The van der Waals surface area contributed by atoms with Crippen LogP contribution in [0.4, 0.5) is 5.69 Å². The molecule has 19 heavy (non-hydrogen) atoms. The van der Waals surface area contributed by atoms with Crippen LogP contribution in [0.1, 0.15) is 42.4 Å². The minimum atomic E-state index is -0.103. The van der Waals surface area contributed by atoms with Gasteiger partial charge in [-0.25, -0.2) is 0 Å². The average molecular weight is 282 g/mol. The molecule has 0 saturated heterocycles. The van der Waals surface area contributed by atoms with Crippen molar-refractivity contribution in [3.05, 3.63) is 11.4 Å². The Hall–Kier alpha value is -1.17. The molecule has 6 heteroatoms. The number of aromatic nitrogens is 2. The van der Waals surface area contributed by atoms with Gasteiger partial charge in [-0.15, -0.1) is 0 Å². The second-order valence-corrected chi connectivity index (χ2v) is 6.49. The highest BCUT2D eigenvalue weighted by atomic mass is 32.2. The predicted octanol–water partition coefficient (Wildman–Crippen LogP) is 1.71. The zero-order valence-electron chi connectivity index (χ0n) is 11.8. The molecule has 0 aliphatic heterocycles. The third-order valence-electron chi connectivity index (χ3n) is 3.63. The van der Waals surface area contributed by atoms with Gasteiger partial charge in [0.15, 0.2) is 0 Å². The largest absolute Gasteiger partial charge is 0.395 e. The third kappa shape index (κ3) is 2.88. The summed E-state index contributed by atoms with van der Waals surface area (Å²) in [5, 5.41) is 7.84. The van der Waals surface area contributed by atoms with Gasteiger partial charge in [-0.05, 0) is 25.5 Å². The van der Waals surface area contributed by atoms with E-state index in [9.17, 15) is 4.79 Å². The molecular formula is C13H22N4OS. The van der Waals surface area contributed by atoms with Crippen molar-refractivity contribution >= 4 is 23.4 Å². The fourth-order valence-electron chi connectivity index (χ4n) is 2.69. The second kappa shape index (κ2) is 5.86. The maximum atomic E-state index is 12.3. The number of anilines is 1. The first-order valence-electron chi connectivity index (χ1n) is 6.76. The number of aryl methyl sites for hydroxylation is 2. The minimum Gasteiger partial charge on any atom is -0.395 e. The van der Waals surface area contributed by atoms with E-state index < -0.39 is 0 Å². The summed E-state index contributed by atoms with van der Waals surface area (Å²) < 4.78 is 1.57. The van der Waals surface area contributed by atoms with Gasteiger partial charge in [-0.2, -0.15) is 16.9 Å². The molecule has 1 aromatic heterocycles. The first kappa shape index (κ1) is 14.2. The summed E-state index contributed by atoms with van der Waals surface area (Å²) in [5.74, 6) is 0.985. The number of nitrogens with one attached hydrogen (secondary N) is 1. The van der Waals surface area contributed by atoms with Gasteiger partial charge in [0.1, 0.15) is 5.69 Å². The Kier molecular flexibility index (Phi) is 4.39. The standard InChI is InChI=1S/C13H22N4OS/c1-4-19-10-7-5-6-9(10)15-13(18)12-11(14)8(2)16-17(12)3/h9-10H,4-7,14H2,1-3H3,(H,15,18). The summed E-state index contributed by atoms with van der Waals surface area (Å²) >= 11 is 1.93. The maximum Gasteiger partial charge on any atom is 0.271 e. The molecule has 2 rings (SSSR count). The topological polar surface area (TPSA) is 72.9 Å². The van der Waals surface area contributed by atoms with Crippen LogP contribution in [0.5, 0.6) is 0 Å². The molecule has 106 valence electrons. The van der Waals surface area contributed by atoms with Crippen molar-refractivity contribution < 1.29 is 4.79 Å². The predicted molar refractivity (Wildman–Crippen MR) is 79.4 cm³/mol. The summed E-state index contributed by atoms with van der Waals surface area (Å²) in [6.07, 6.45) is 3.42. The van der Waals surface area contributed by atoms with E-state index >= 15 is 0 Å². The molecule has 2 atom stereocenters. The van der Waals surface area contributed by atoms with Gasteiger partial charge in [-0.1, -0.05) is 13.3 Å². The lowest BCUT2D eigenvalue weighted by Gasteiger charge is -2.20. The van der Waals surface area contributed by atoms with E-state index in [0.29, 0.717) is 22.3 Å². The molecule has 1 fully saturated rings. The third-order valence-corrected chi connectivity index (χ3v) is 4.96. The summed E-state index contributed by atoms with van der Waals surface area (Å²) in [6, 6.07) is 0.257. The van der Waals surface area contributed by atoms with Crippen LogP contribution in [0.15, 0.2) is 0 Å². The molecule has 0 spiro atoms. The van der Waals surface area contributed by atoms with E-state index in [4.69, 9.17) is 5.73 Å². The van der Waals surface area contributed by atoms with Gasteiger partial charge in [0.05, 0.1) is 11.4 Å². The van der Waals surface area contributed by atoms with E-state index in [0.717, 1.165) is 12.2 Å². The Morgan fingerprint density at radius 2 is 2.32 bits per heavy atom. The molecule has 1 saturated carbocycles. The molecular weight excluding hydrogens is 260 g/mol. The highest BCUT2D eigenvalue weighted by molar-refractivity contribution is 7.99.